The highest BCUT2D eigenvalue weighted by molar-refractivity contribution is 5.31. The minimum Gasteiger partial charge on any atom is -0.497 e. The molecule has 2 aromatic rings. The molecule has 90 valence electrons. The Kier molecular flexibility index (Phi) is 3.32. The molecule has 1 aromatic carbocycles. The molecule has 4 heteroatoms. The van der Waals surface area contributed by atoms with Crippen molar-refractivity contribution in [2.24, 2.45) is 7.05 Å². The number of rotatable bonds is 4. The molecule has 0 unspecified atom stereocenters. The lowest BCUT2D eigenvalue weighted by atomic mass is 10.3. The topological polar surface area (TPSA) is 36.3 Å². The van der Waals surface area contributed by atoms with Gasteiger partial charge in [0, 0.05) is 13.2 Å². The maximum atomic E-state index is 5.63. The summed E-state index contributed by atoms with van der Waals surface area (Å²) in [5.41, 5.74) is 0.931. The first kappa shape index (κ1) is 11.5. The van der Waals surface area contributed by atoms with E-state index in [4.69, 9.17) is 9.47 Å². The second-order valence-electron chi connectivity index (χ2n) is 3.85. The maximum Gasteiger partial charge on any atom is 0.132 e. The zero-order chi connectivity index (χ0) is 12.3. The van der Waals surface area contributed by atoms with Crippen LogP contribution in [0, 0.1) is 6.92 Å². The molecule has 0 N–H and O–H groups in total. The minimum absolute atomic E-state index is 0.480. The van der Waals surface area contributed by atoms with Crippen molar-refractivity contribution >= 4 is 0 Å². The molecule has 0 atom stereocenters. The van der Waals surface area contributed by atoms with Gasteiger partial charge in [0.15, 0.2) is 0 Å². The Morgan fingerprint density at radius 3 is 2.35 bits per heavy atom. The van der Waals surface area contributed by atoms with Gasteiger partial charge in [-0.15, -0.1) is 0 Å². The fraction of sp³-hybridized carbons (Fsp3) is 0.308. The standard InChI is InChI=1S/C13H16N2O2/c1-10-14-11(8-15(10)2)9-17-13-6-4-12(16-3)5-7-13/h4-8H,9H2,1-3H3. The second kappa shape index (κ2) is 4.91. The van der Waals surface area contributed by atoms with Crippen molar-refractivity contribution < 1.29 is 9.47 Å². The van der Waals surface area contributed by atoms with Gasteiger partial charge in [-0.2, -0.15) is 0 Å². The van der Waals surface area contributed by atoms with Crippen molar-refractivity contribution in [3.8, 4) is 11.5 Å². The summed E-state index contributed by atoms with van der Waals surface area (Å²) in [4.78, 5) is 4.37. The number of benzene rings is 1. The van der Waals surface area contributed by atoms with E-state index >= 15 is 0 Å². The molecule has 0 spiro atoms. The van der Waals surface area contributed by atoms with Crippen LogP contribution in [0.1, 0.15) is 11.5 Å². The molecule has 0 radical (unpaired) electrons. The molecule has 0 aliphatic heterocycles. The number of imidazole rings is 1. The highest BCUT2D eigenvalue weighted by atomic mass is 16.5. The van der Waals surface area contributed by atoms with Crippen molar-refractivity contribution in [2.75, 3.05) is 7.11 Å². The van der Waals surface area contributed by atoms with Crippen LogP contribution in [0.25, 0.3) is 0 Å². The molecule has 1 heterocycles. The van der Waals surface area contributed by atoms with Crippen LogP contribution in [0.3, 0.4) is 0 Å². The minimum atomic E-state index is 0.480. The summed E-state index contributed by atoms with van der Waals surface area (Å²) >= 11 is 0. The van der Waals surface area contributed by atoms with Crippen LogP contribution in [0.2, 0.25) is 0 Å². The van der Waals surface area contributed by atoms with Gasteiger partial charge < -0.3 is 14.0 Å². The lowest BCUT2D eigenvalue weighted by Crippen LogP contribution is -1.95. The highest BCUT2D eigenvalue weighted by Crippen LogP contribution is 2.17. The van der Waals surface area contributed by atoms with E-state index in [2.05, 4.69) is 4.98 Å². The Labute approximate surface area is 101 Å². The Hall–Kier alpha value is -1.97. The van der Waals surface area contributed by atoms with Gasteiger partial charge in [-0.05, 0) is 31.2 Å². The number of hydrogen-bond acceptors (Lipinski definition) is 3. The summed E-state index contributed by atoms with van der Waals surface area (Å²) < 4.78 is 12.7. The van der Waals surface area contributed by atoms with Gasteiger partial charge in [0.1, 0.15) is 23.9 Å². The van der Waals surface area contributed by atoms with Gasteiger partial charge in [-0.1, -0.05) is 0 Å². The number of ether oxygens (including phenoxy) is 2. The zero-order valence-electron chi connectivity index (χ0n) is 10.3. The maximum absolute atomic E-state index is 5.63. The van der Waals surface area contributed by atoms with Gasteiger partial charge in [0.25, 0.3) is 0 Å². The van der Waals surface area contributed by atoms with Gasteiger partial charge in [-0.3, -0.25) is 0 Å². The smallest absolute Gasteiger partial charge is 0.132 e. The summed E-state index contributed by atoms with van der Waals surface area (Å²) in [5, 5.41) is 0. The molecule has 0 aliphatic rings. The monoisotopic (exact) mass is 232 g/mol. The van der Waals surface area contributed by atoms with Crippen molar-refractivity contribution in [3.05, 3.63) is 42.0 Å². The number of nitrogens with zero attached hydrogens (tertiary/aromatic N) is 2. The van der Waals surface area contributed by atoms with Crippen LogP contribution in [0.4, 0.5) is 0 Å². The van der Waals surface area contributed by atoms with E-state index in [9.17, 15) is 0 Å². The quantitative estimate of drug-likeness (QED) is 0.811. The average Bonchev–Trinajstić information content (AvgIpc) is 2.67. The predicted molar refractivity (Wildman–Crippen MR) is 65.3 cm³/mol. The van der Waals surface area contributed by atoms with Gasteiger partial charge in [-0.25, -0.2) is 4.98 Å². The molecule has 0 fully saturated rings. The fourth-order valence-corrected chi connectivity index (χ4v) is 1.53. The molecular formula is C13H16N2O2. The molecule has 0 saturated heterocycles. The lowest BCUT2D eigenvalue weighted by Gasteiger charge is -2.05. The Morgan fingerprint density at radius 2 is 1.82 bits per heavy atom. The lowest BCUT2D eigenvalue weighted by molar-refractivity contribution is 0.301. The van der Waals surface area contributed by atoms with Gasteiger partial charge >= 0.3 is 0 Å². The molecule has 1 aromatic heterocycles. The normalized spacial score (nSPS) is 10.3. The van der Waals surface area contributed by atoms with Gasteiger partial charge in [0.2, 0.25) is 0 Å². The molecule has 0 bridgehead atoms. The number of hydrogen-bond donors (Lipinski definition) is 0. The van der Waals surface area contributed by atoms with Crippen LogP contribution < -0.4 is 9.47 Å². The largest absolute Gasteiger partial charge is 0.497 e. The Balaban J connectivity index is 1.97. The van der Waals surface area contributed by atoms with E-state index in [1.807, 2.05) is 49.0 Å². The fourth-order valence-electron chi connectivity index (χ4n) is 1.53. The van der Waals surface area contributed by atoms with Crippen molar-refractivity contribution in [2.45, 2.75) is 13.5 Å². The van der Waals surface area contributed by atoms with Crippen LogP contribution in [0.5, 0.6) is 11.5 Å². The van der Waals surface area contributed by atoms with E-state index in [0.29, 0.717) is 6.61 Å². The highest BCUT2D eigenvalue weighted by Gasteiger charge is 2.02. The van der Waals surface area contributed by atoms with Crippen LogP contribution in [-0.4, -0.2) is 16.7 Å². The summed E-state index contributed by atoms with van der Waals surface area (Å²) in [6.07, 6.45) is 1.97. The van der Waals surface area contributed by atoms with Crippen LogP contribution in [0.15, 0.2) is 30.5 Å². The Bertz CT molecular complexity index is 469. The van der Waals surface area contributed by atoms with Crippen LogP contribution in [-0.2, 0) is 13.7 Å². The van der Waals surface area contributed by atoms with E-state index in [1.54, 1.807) is 7.11 Å². The van der Waals surface area contributed by atoms with E-state index in [0.717, 1.165) is 23.0 Å². The van der Waals surface area contributed by atoms with Crippen molar-refractivity contribution in [3.63, 3.8) is 0 Å². The molecular weight excluding hydrogens is 216 g/mol. The molecule has 0 amide bonds. The van der Waals surface area contributed by atoms with E-state index < -0.39 is 0 Å². The first-order valence-corrected chi connectivity index (χ1v) is 5.45. The van der Waals surface area contributed by atoms with Crippen molar-refractivity contribution in [1.29, 1.82) is 0 Å². The summed E-state index contributed by atoms with van der Waals surface area (Å²) in [5.74, 6) is 2.62. The van der Waals surface area contributed by atoms with Crippen LogP contribution >= 0.6 is 0 Å². The molecule has 17 heavy (non-hydrogen) atoms. The third-order valence-electron chi connectivity index (χ3n) is 2.60. The molecule has 0 aliphatic carbocycles. The average molecular weight is 232 g/mol. The third-order valence-corrected chi connectivity index (χ3v) is 2.60. The van der Waals surface area contributed by atoms with Crippen molar-refractivity contribution in [1.82, 2.24) is 9.55 Å². The predicted octanol–water partition coefficient (Wildman–Crippen LogP) is 2.32. The first-order chi connectivity index (χ1) is 8.19. The zero-order valence-corrected chi connectivity index (χ0v) is 10.3. The second-order valence-corrected chi connectivity index (χ2v) is 3.85. The number of aryl methyl sites for hydroxylation is 2. The summed E-state index contributed by atoms with van der Waals surface area (Å²) in [6, 6.07) is 7.52. The SMILES string of the molecule is COc1ccc(OCc2cn(C)c(C)n2)cc1. The number of aromatic nitrogens is 2. The number of methoxy groups -OCH3 is 1. The first-order valence-electron chi connectivity index (χ1n) is 5.45. The third kappa shape index (κ3) is 2.78. The summed E-state index contributed by atoms with van der Waals surface area (Å²) in [6.45, 7) is 2.45. The molecule has 4 nitrogen and oxygen atoms in total. The Morgan fingerprint density at radius 1 is 1.18 bits per heavy atom. The van der Waals surface area contributed by atoms with E-state index in [-0.39, 0.29) is 0 Å². The van der Waals surface area contributed by atoms with Gasteiger partial charge in [0.05, 0.1) is 12.8 Å². The molecule has 2 rings (SSSR count). The molecule has 0 saturated carbocycles. The van der Waals surface area contributed by atoms with E-state index in [1.165, 1.54) is 0 Å². The summed E-state index contributed by atoms with van der Waals surface area (Å²) in [7, 11) is 3.62.